The normalized spacial score (nSPS) is 9.83. The molecular weight excluding hydrogens is 560 g/mol. The quantitative estimate of drug-likeness (QED) is 0.227. The van der Waals surface area contributed by atoms with E-state index in [4.69, 9.17) is 9.47 Å². The summed E-state index contributed by atoms with van der Waals surface area (Å²) in [6, 6.07) is 26.6. The average Bonchev–Trinajstić information content (AvgIpc) is 2.78. The summed E-state index contributed by atoms with van der Waals surface area (Å²) in [7, 11) is 3.36. The maximum Gasteiger partial charge on any atom is 0.133 e. The first-order valence-corrected chi connectivity index (χ1v) is 12.0. The predicted molar refractivity (Wildman–Crippen MR) is 136 cm³/mol. The summed E-state index contributed by atoms with van der Waals surface area (Å²) in [5, 5.41) is 6.98. The number of ether oxygens (including phenoxy) is 2. The molecule has 2 nitrogen and oxygen atoms in total. The van der Waals surface area contributed by atoms with Crippen LogP contribution in [0.15, 0.2) is 83.3 Å². The largest absolute Gasteiger partial charge is 0.497 e. The second kappa shape index (κ2) is 12.9. The SMILES string of the molecule is BrCCBr.COc1cc2ccccc2cc1Br.COc1ccc2ccccc2c1. The fourth-order valence-electron chi connectivity index (χ4n) is 2.64. The third-order valence-corrected chi connectivity index (χ3v) is 6.53. The Hall–Kier alpha value is -1.56. The minimum Gasteiger partial charge on any atom is -0.497 e. The van der Waals surface area contributed by atoms with Crippen LogP contribution < -0.4 is 9.47 Å². The van der Waals surface area contributed by atoms with E-state index in [0.29, 0.717) is 0 Å². The monoisotopic (exact) mass is 580 g/mol. The Morgan fingerprint density at radius 2 is 1.14 bits per heavy atom. The van der Waals surface area contributed by atoms with Crippen molar-refractivity contribution in [2.24, 2.45) is 0 Å². The summed E-state index contributed by atoms with van der Waals surface area (Å²) in [5.41, 5.74) is 0. The van der Waals surface area contributed by atoms with E-state index in [-0.39, 0.29) is 0 Å². The van der Waals surface area contributed by atoms with Gasteiger partial charge in [-0.15, -0.1) is 0 Å². The van der Waals surface area contributed by atoms with Gasteiger partial charge in [-0.05, 0) is 61.7 Å². The molecule has 0 amide bonds. The highest BCUT2D eigenvalue weighted by Gasteiger charge is 2.01. The molecule has 0 aliphatic rings. The van der Waals surface area contributed by atoms with Gasteiger partial charge in [0, 0.05) is 10.7 Å². The van der Waals surface area contributed by atoms with E-state index >= 15 is 0 Å². The summed E-state index contributed by atoms with van der Waals surface area (Å²) in [6.07, 6.45) is 0. The van der Waals surface area contributed by atoms with E-state index in [1.54, 1.807) is 14.2 Å². The summed E-state index contributed by atoms with van der Waals surface area (Å²) in [6.45, 7) is 0. The van der Waals surface area contributed by atoms with Crippen LogP contribution in [0.5, 0.6) is 11.5 Å². The van der Waals surface area contributed by atoms with Crippen LogP contribution in [0.1, 0.15) is 0 Å². The second-order valence-electron chi connectivity index (χ2n) is 5.92. The molecule has 0 unspecified atom stereocenters. The lowest BCUT2D eigenvalue weighted by atomic mass is 10.1. The summed E-state index contributed by atoms with van der Waals surface area (Å²) in [4.78, 5) is 0. The van der Waals surface area contributed by atoms with Crippen molar-refractivity contribution in [1.29, 1.82) is 0 Å². The Labute approximate surface area is 197 Å². The molecule has 5 heteroatoms. The van der Waals surface area contributed by atoms with E-state index in [9.17, 15) is 0 Å². The number of halogens is 3. The van der Waals surface area contributed by atoms with Crippen molar-refractivity contribution in [3.63, 3.8) is 0 Å². The van der Waals surface area contributed by atoms with E-state index in [2.05, 4.69) is 84.2 Å². The van der Waals surface area contributed by atoms with Gasteiger partial charge in [-0.2, -0.15) is 0 Å². The van der Waals surface area contributed by atoms with Crippen molar-refractivity contribution in [3.05, 3.63) is 83.3 Å². The molecule has 0 spiro atoms. The highest BCUT2D eigenvalue weighted by atomic mass is 79.9. The number of benzene rings is 4. The number of alkyl halides is 2. The van der Waals surface area contributed by atoms with Crippen LogP contribution in [0.2, 0.25) is 0 Å². The number of fused-ring (bicyclic) bond motifs is 2. The first kappa shape index (κ1) is 23.7. The Morgan fingerprint density at radius 1 is 0.621 bits per heavy atom. The van der Waals surface area contributed by atoms with Crippen molar-refractivity contribution < 1.29 is 9.47 Å². The molecule has 29 heavy (non-hydrogen) atoms. The number of hydrogen-bond acceptors (Lipinski definition) is 2. The fourth-order valence-corrected chi connectivity index (χ4v) is 3.17. The summed E-state index contributed by atoms with van der Waals surface area (Å²) >= 11 is 9.86. The third kappa shape index (κ3) is 7.32. The highest BCUT2D eigenvalue weighted by molar-refractivity contribution is 9.12. The lowest BCUT2D eigenvalue weighted by Crippen LogP contribution is -1.84. The highest BCUT2D eigenvalue weighted by Crippen LogP contribution is 2.29. The molecule has 152 valence electrons. The Kier molecular flexibility index (Phi) is 10.5. The number of methoxy groups -OCH3 is 2. The van der Waals surface area contributed by atoms with Gasteiger partial charge in [-0.3, -0.25) is 0 Å². The lowest BCUT2D eigenvalue weighted by Gasteiger charge is -2.04. The van der Waals surface area contributed by atoms with Crippen molar-refractivity contribution in [3.8, 4) is 11.5 Å². The molecule has 4 aromatic carbocycles. The maximum absolute atomic E-state index is 5.21. The summed E-state index contributed by atoms with van der Waals surface area (Å²) in [5.74, 6) is 1.78. The fraction of sp³-hybridized carbons (Fsp3) is 0.167. The molecule has 0 bridgehead atoms. The first-order chi connectivity index (χ1) is 14.1. The van der Waals surface area contributed by atoms with Gasteiger partial charge in [0.05, 0.1) is 18.7 Å². The molecule has 0 N–H and O–H groups in total. The Bertz CT molecular complexity index is 1030. The van der Waals surface area contributed by atoms with Crippen LogP contribution in [0.25, 0.3) is 21.5 Å². The van der Waals surface area contributed by atoms with Crippen LogP contribution in [0.3, 0.4) is 0 Å². The lowest BCUT2D eigenvalue weighted by molar-refractivity contribution is 0.413. The molecule has 0 saturated carbocycles. The Balaban J connectivity index is 0.000000176. The van der Waals surface area contributed by atoms with Crippen LogP contribution in [-0.2, 0) is 0 Å². The molecule has 0 fully saturated rings. The molecule has 0 heterocycles. The minimum atomic E-state index is 0.874. The zero-order chi connectivity index (χ0) is 21.1. The number of hydrogen-bond donors (Lipinski definition) is 0. The van der Waals surface area contributed by atoms with Gasteiger partial charge in [-0.1, -0.05) is 86.5 Å². The molecular formula is C24H23Br3O2. The van der Waals surface area contributed by atoms with E-state index < -0.39 is 0 Å². The van der Waals surface area contributed by atoms with E-state index in [1.165, 1.54) is 21.5 Å². The van der Waals surface area contributed by atoms with Gasteiger partial charge in [0.25, 0.3) is 0 Å². The van der Waals surface area contributed by atoms with Crippen molar-refractivity contribution in [2.75, 3.05) is 24.9 Å². The molecule has 4 aromatic rings. The molecule has 0 atom stereocenters. The van der Waals surface area contributed by atoms with Crippen LogP contribution in [0.4, 0.5) is 0 Å². The predicted octanol–water partition coefficient (Wildman–Crippen LogP) is 8.24. The van der Waals surface area contributed by atoms with Crippen molar-refractivity contribution >= 4 is 69.3 Å². The van der Waals surface area contributed by atoms with Gasteiger partial charge in [0.2, 0.25) is 0 Å². The van der Waals surface area contributed by atoms with Crippen molar-refractivity contribution in [1.82, 2.24) is 0 Å². The summed E-state index contributed by atoms with van der Waals surface area (Å²) < 4.78 is 11.3. The zero-order valence-corrected chi connectivity index (χ0v) is 21.1. The maximum atomic E-state index is 5.21. The van der Waals surface area contributed by atoms with Gasteiger partial charge >= 0.3 is 0 Å². The van der Waals surface area contributed by atoms with Crippen LogP contribution in [-0.4, -0.2) is 24.9 Å². The topological polar surface area (TPSA) is 18.5 Å². The zero-order valence-electron chi connectivity index (χ0n) is 16.4. The smallest absolute Gasteiger partial charge is 0.133 e. The molecule has 0 aliphatic carbocycles. The van der Waals surface area contributed by atoms with Gasteiger partial charge in [-0.25, -0.2) is 0 Å². The second-order valence-corrected chi connectivity index (χ2v) is 8.37. The van der Waals surface area contributed by atoms with Crippen LogP contribution >= 0.6 is 47.8 Å². The van der Waals surface area contributed by atoms with E-state index in [1.807, 2.05) is 42.5 Å². The van der Waals surface area contributed by atoms with E-state index in [0.717, 1.165) is 26.6 Å². The van der Waals surface area contributed by atoms with Gasteiger partial charge in [0.15, 0.2) is 0 Å². The number of rotatable bonds is 3. The molecule has 0 radical (unpaired) electrons. The molecule has 0 saturated heterocycles. The first-order valence-electron chi connectivity index (χ1n) is 9.00. The average molecular weight is 583 g/mol. The minimum absolute atomic E-state index is 0.874. The standard InChI is InChI=1S/C11H9BrO.C11H10O.C2H4Br2/c1-13-11-7-9-5-3-2-4-8(9)6-10(11)12;1-12-11-7-6-9-4-2-3-5-10(9)8-11;3-1-2-4/h2-7H,1H3;2-8H,1H3;1-2H2. The van der Waals surface area contributed by atoms with Gasteiger partial charge < -0.3 is 9.47 Å². The third-order valence-electron chi connectivity index (χ3n) is 4.05. The van der Waals surface area contributed by atoms with Gasteiger partial charge in [0.1, 0.15) is 11.5 Å². The van der Waals surface area contributed by atoms with Crippen molar-refractivity contribution in [2.45, 2.75) is 0 Å². The Morgan fingerprint density at radius 3 is 1.66 bits per heavy atom. The molecule has 4 rings (SSSR count). The van der Waals surface area contributed by atoms with Crippen LogP contribution in [0, 0.1) is 0 Å². The molecule has 0 aromatic heterocycles. The molecule has 0 aliphatic heterocycles.